The van der Waals surface area contributed by atoms with Crippen LogP contribution in [0.1, 0.15) is 103 Å². The second-order valence-corrected chi connectivity index (χ2v) is 17.3. The molecule has 1 heterocycles. The van der Waals surface area contributed by atoms with Crippen LogP contribution in [0.25, 0.3) is 0 Å². The second kappa shape index (κ2) is 17.0. The number of carbonyl (C=O) groups is 1. The summed E-state index contributed by atoms with van der Waals surface area (Å²) in [4.78, 5) is 19.3. The van der Waals surface area contributed by atoms with Crippen LogP contribution in [0.5, 0.6) is 0 Å². The summed E-state index contributed by atoms with van der Waals surface area (Å²) < 4.78 is 15.0. The molecule has 3 aliphatic carbocycles. The van der Waals surface area contributed by atoms with Crippen molar-refractivity contribution < 1.29 is 19.4 Å². The fourth-order valence-corrected chi connectivity index (χ4v) is 10.00. The SMILES string of the molecule is CC1=CCCC2(C)C(CCC2(O)CN2CCN(C(c3ccccc3)c3ccc(Cl)cc3)CC2)c2ccc(cc2C(=O)Cc2c(F)cccc2Cl)CC(O)CC1. The lowest BCUT2D eigenvalue weighted by Gasteiger charge is -2.48. The van der Waals surface area contributed by atoms with Gasteiger partial charge in [-0.15, -0.1) is 0 Å². The van der Waals surface area contributed by atoms with Crippen molar-refractivity contribution in [2.75, 3.05) is 32.7 Å². The predicted molar refractivity (Wildman–Crippen MR) is 221 cm³/mol. The molecule has 8 rings (SSSR count). The zero-order valence-corrected chi connectivity index (χ0v) is 33.5. The molecule has 2 fully saturated rings. The van der Waals surface area contributed by atoms with Gasteiger partial charge in [0.05, 0.1) is 17.7 Å². The molecule has 1 aliphatic heterocycles. The molecule has 0 spiro atoms. The van der Waals surface area contributed by atoms with Gasteiger partial charge in [0.15, 0.2) is 5.78 Å². The topological polar surface area (TPSA) is 64.0 Å². The predicted octanol–water partition coefficient (Wildman–Crippen LogP) is 10.0. The van der Waals surface area contributed by atoms with Gasteiger partial charge >= 0.3 is 0 Å². The van der Waals surface area contributed by atoms with Crippen molar-refractivity contribution in [1.82, 2.24) is 9.80 Å². The average Bonchev–Trinajstić information content (AvgIpc) is 3.42. The van der Waals surface area contributed by atoms with Crippen LogP contribution in [-0.4, -0.2) is 70.2 Å². The highest BCUT2D eigenvalue weighted by Crippen LogP contribution is 2.59. The first-order chi connectivity index (χ1) is 26.4. The second-order valence-electron chi connectivity index (χ2n) is 16.4. The molecule has 290 valence electrons. The van der Waals surface area contributed by atoms with E-state index in [1.54, 1.807) is 12.1 Å². The molecular formula is C47H53Cl2FN2O3. The van der Waals surface area contributed by atoms with E-state index in [2.05, 4.69) is 72.2 Å². The van der Waals surface area contributed by atoms with Crippen molar-refractivity contribution in [3.63, 3.8) is 0 Å². The lowest BCUT2D eigenvalue weighted by molar-refractivity contribution is -0.0894. The largest absolute Gasteiger partial charge is 0.393 e. The lowest BCUT2D eigenvalue weighted by Crippen LogP contribution is -2.56. The smallest absolute Gasteiger partial charge is 0.167 e. The van der Waals surface area contributed by atoms with E-state index >= 15 is 0 Å². The molecular weight excluding hydrogens is 730 g/mol. The Labute approximate surface area is 335 Å². The van der Waals surface area contributed by atoms with Crippen molar-refractivity contribution in [2.24, 2.45) is 5.41 Å². The zero-order valence-electron chi connectivity index (χ0n) is 32.0. The van der Waals surface area contributed by atoms with Crippen LogP contribution < -0.4 is 0 Å². The number of halogens is 3. The summed E-state index contributed by atoms with van der Waals surface area (Å²) in [5.74, 6) is -0.803. The summed E-state index contributed by atoms with van der Waals surface area (Å²) in [6.45, 7) is 8.25. The van der Waals surface area contributed by atoms with Gasteiger partial charge in [0.2, 0.25) is 0 Å². The van der Waals surface area contributed by atoms with E-state index in [1.165, 1.54) is 22.8 Å². The van der Waals surface area contributed by atoms with E-state index < -0.39 is 22.9 Å². The molecule has 0 aromatic heterocycles. The minimum absolute atomic E-state index is 0.100. The summed E-state index contributed by atoms with van der Waals surface area (Å²) in [6, 6.07) is 29.4. The monoisotopic (exact) mass is 782 g/mol. The number of ketones is 1. The molecule has 4 aliphatic rings. The Balaban J connectivity index is 1.17. The minimum atomic E-state index is -1.00. The molecule has 4 aromatic carbocycles. The van der Waals surface area contributed by atoms with Crippen LogP contribution in [0.2, 0.25) is 10.0 Å². The van der Waals surface area contributed by atoms with Gasteiger partial charge in [-0.1, -0.05) is 102 Å². The number of piperazine rings is 1. The van der Waals surface area contributed by atoms with Gasteiger partial charge in [0, 0.05) is 65.7 Å². The zero-order chi connectivity index (χ0) is 38.7. The van der Waals surface area contributed by atoms with Crippen molar-refractivity contribution >= 4 is 29.0 Å². The number of hydrogen-bond acceptors (Lipinski definition) is 5. The lowest BCUT2D eigenvalue weighted by atomic mass is 9.64. The highest BCUT2D eigenvalue weighted by molar-refractivity contribution is 6.31. The minimum Gasteiger partial charge on any atom is -0.393 e. The third-order valence-electron chi connectivity index (χ3n) is 12.9. The summed E-state index contributed by atoms with van der Waals surface area (Å²) in [5, 5.41) is 24.9. The number of nitrogens with zero attached hydrogens (tertiary/aromatic N) is 2. The Bertz CT molecular complexity index is 1980. The Kier molecular flexibility index (Phi) is 12.3. The van der Waals surface area contributed by atoms with Crippen molar-refractivity contribution in [1.29, 1.82) is 0 Å². The fourth-order valence-electron chi connectivity index (χ4n) is 9.64. The number of aliphatic hydroxyl groups is 2. The van der Waals surface area contributed by atoms with Crippen LogP contribution in [0, 0.1) is 11.2 Å². The number of rotatable bonds is 8. The molecule has 5 nitrogen and oxygen atoms in total. The van der Waals surface area contributed by atoms with Crippen LogP contribution in [0.4, 0.5) is 4.39 Å². The standard InChI is InChI=1S/C47H53Cl2FN2O3/c1-32-8-7-22-46(2)41(38-20-14-33(28-37(53)19-13-32)29-39(38)44(54)30-40-42(49)11-6-12-43(40)50)21-23-47(46,55)31-51-24-26-52(27-25-51)45(34-9-4-3-5-10-34)35-15-17-36(48)18-16-35/h3-6,8-12,14-18,20,29,37,41,45,53,55H,7,13,19,21-28,30-31H2,1-2H3. The van der Waals surface area contributed by atoms with Crippen LogP contribution in [-0.2, 0) is 12.8 Å². The van der Waals surface area contributed by atoms with Crippen LogP contribution in [0.3, 0.4) is 0 Å². The van der Waals surface area contributed by atoms with E-state index in [9.17, 15) is 19.4 Å². The summed E-state index contributed by atoms with van der Waals surface area (Å²) in [7, 11) is 0. The quantitative estimate of drug-likeness (QED) is 0.138. The fraction of sp³-hybridized carbons (Fsp3) is 0.426. The third-order valence-corrected chi connectivity index (χ3v) is 13.5. The summed E-state index contributed by atoms with van der Waals surface area (Å²) in [5.41, 5.74) is 4.64. The molecule has 55 heavy (non-hydrogen) atoms. The first-order valence-electron chi connectivity index (χ1n) is 19.9. The maximum atomic E-state index is 15.0. The number of allylic oxidation sites excluding steroid dienone is 2. The molecule has 2 N–H and O–H groups in total. The molecule has 8 heteroatoms. The number of Topliss-reactive ketones (excluding diaryl/α,β-unsaturated/α-hetero) is 1. The summed E-state index contributed by atoms with van der Waals surface area (Å²) in [6.07, 6.45) is 6.27. The van der Waals surface area contributed by atoms with Gasteiger partial charge in [-0.05, 0) is 110 Å². The Morgan fingerprint density at radius 1 is 0.909 bits per heavy atom. The third kappa shape index (κ3) is 8.66. The molecule has 1 saturated carbocycles. The van der Waals surface area contributed by atoms with E-state index in [0.29, 0.717) is 31.4 Å². The van der Waals surface area contributed by atoms with Crippen molar-refractivity contribution in [3.05, 3.63) is 152 Å². The highest BCUT2D eigenvalue weighted by Gasteiger charge is 2.57. The van der Waals surface area contributed by atoms with Gasteiger partial charge in [-0.3, -0.25) is 14.6 Å². The molecule has 0 amide bonds. The maximum absolute atomic E-state index is 15.0. The Hall–Kier alpha value is -3.36. The molecule has 1 saturated heterocycles. The Morgan fingerprint density at radius 3 is 2.36 bits per heavy atom. The highest BCUT2D eigenvalue weighted by atomic mass is 35.5. The number of carbonyl (C=O) groups excluding carboxylic acids is 1. The molecule has 5 atom stereocenters. The first kappa shape index (κ1) is 39.9. The number of aliphatic hydroxyl groups excluding tert-OH is 1. The summed E-state index contributed by atoms with van der Waals surface area (Å²) >= 11 is 12.7. The molecule has 4 aromatic rings. The van der Waals surface area contributed by atoms with E-state index in [4.69, 9.17) is 23.2 Å². The van der Waals surface area contributed by atoms with E-state index in [-0.39, 0.29) is 34.7 Å². The van der Waals surface area contributed by atoms with Gasteiger partial charge in [0.25, 0.3) is 0 Å². The molecule has 2 bridgehead atoms. The maximum Gasteiger partial charge on any atom is 0.167 e. The number of fused-ring (bicyclic) bond motifs is 8. The van der Waals surface area contributed by atoms with Crippen LogP contribution >= 0.6 is 23.2 Å². The van der Waals surface area contributed by atoms with Gasteiger partial charge in [0.1, 0.15) is 5.82 Å². The van der Waals surface area contributed by atoms with Crippen molar-refractivity contribution in [3.8, 4) is 0 Å². The first-order valence-corrected chi connectivity index (χ1v) is 20.6. The van der Waals surface area contributed by atoms with E-state index in [0.717, 1.165) is 68.0 Å². The number of β-amino-alcohol motifs (C(OH)–C–C–N with tert-alkyl or cyclic N) is 1. The van der Waals surface area contributed by atoms with Crippen molar-refractivity contribution in [2.45, 2.75) is 88.9 Å². The average molecular weight is 784 g/mol. The van der Waals surface area contributed by atoms with Gasteiger partial charge in [-0.25, -0.2) is 4.39 Å². The van der Waals surface area contributed by atoms with Gasteiger partial charge in [-0.2, -0.15) is 0 Å². The number of benzene rings is 4. The normalized spacial score (nSPS) is 25.9. The molecule has 0 radical (unpaired) electrons. The molecule has 5 unspecified atom stereocenters. The van der Waals surface area contributed by atoms with E-state index in [1.807, 2.05) is 30.3 Å². The Morgan fingerprint density at radius 2 is 1.64 bits per heavy atom. The number of hydrogen-bond donors (Lipinski definition) is 2. The van der Waals surface area contributed by atoms with Crippen LogP contribution in [0.15, 0.2) is 103 Å². The van der Waals surface area contributed by atoms with Gasteiger partial charge < -0.3 is 10.2 Å².